The molecule has 0 spiro atoms. The lowest BCUT2D eigenvalue weighted by Crippen LogP contribution is -2.31. The molecule has 2 aromatic carbocycles. The molecule has 5 heteroatoms. The van der Waals surface area contributed by atoms with Gasteiger partial charge in [-0.2, -0.15) is 0 Å². The standard InChI is InChI=1S/C22H24N2O3/c1-15(18-9-4-7-16-6-2-3-8-19(16)18)23-12-17-13-24(22(25)26)14-20(17)21-10-5-11-27-21/h2-11,15,17,20,23H,12-14H2,1H3,(H,25,26)/t15-,17+,20+/m1/s1. The van der Waals surface area contributed by atoms with Crippen molar-refractivity contribution >= 4 is 16.9 Å². The van der Waals surface area contributed by atoms with E-state index in [1.54, 1.807) is 6.26 Å². The average Bonchev–Trinajstić information content (AvgIpc) is 3.35. The molecule has 0 aliphatic carbocycles. The van der Waals surface area contributed by atoms with Gasteiger partial charge >= 0.3 is 6.09 Å². The number of nitrogens with one attached hydrogen (secondary N) is 1. The highest BCUT2D eigenvalue weighted by atomic mass is 16.4. The van der Waals surface area contributed by atoms with Gasteiger partial charge in [-0.05, 0) is 35.4 Å². The maximum absolute atomic E-state index is 11.4. The smallest absolute Gasteiger partial charge is 0.407 e. The molecule has 5 nitrogen and oxygen atoms in total. The molecule has 1 aliphatic heterocycles. The molecule has 1 amide bonds. The van der Waals surface area contributed by atoms with Gasteiger partial charge in [0, 0.05) is 37.5 Å². The third kappa shape index (κ3) is 3.55. The number of hydrogen-bond acceptors (Lipinski definition) is 3. The number of furan rings is 1. The first-order valence-electron chi connectivity index (χ1n) is 9.36. The molecule has 2 N–H and O–H groups in total. The van der Waals surface area contributed by atoms with Crippen LogP contribution in [0.2, 0.25) is 0 Å². The van der Waals surface area contributed by atoms with Crippen LogP contribution in [0.1, 0.15) is 30.2 Å². The Kier molecular flexibility index (Phi) is 4.86. The van der Waals surface area contributed by atoms with E-state index in [-0.39, 0.29) is 17.9 Å². The van der Waals surface area contributed by atoms with Crippen LogP contribution in [0.4, 0.5) is 4.79 Å². The average molecular weight is 364 g/mol. The van der Waals surface area contributed by atoms with Crippen molar-refractivity contribution in [1.29, 1.82) is 0 Å². The van der Waals surface area contributed by atoms with E-state index in [0.29, 0.717) is 13.1 Å². The molecule has 1 fully saturated rings. The zero-order chi connectivity index (χ0) is 18.8. The normalized spacial score (nSPS) is 20.9. The molecule has 140 valence electrons. The summed E-state index contributed by atoms with van der Waals surface area (Å²) in [7, 11) is 0. The quantitative estimate of drug-likeness (QED) is 0.701. The monoisotopic (exact) mass is 364 g/mol. The number of rotatable bonds is 5. The number of fused-ring (bicyclic) bond motifs is 1. The first-order valence-corrected chi connectivity index (χ1v) is 9.36. The first-order chi connectivity index (χ1) is 13.1. The SMILES string of the molecule is C[C@@H](NC[C@H]1CN(C(=O)O)C[C@@H]1c1ccco1)c1cccc2ccccc12. The van der Waals surface area contributed by atoms with Gasteiger partial charge in [-0.25, -0.2) is 4.79 Å². The number of benzene rings is 2. The molecular formula is C22H24N2O3. The second-order valence-electron chi connectivity index (χ2n) is 7.27. The summed E-state index contributed by atoms with van der Waals surface area (Å²) in [4.78, 5) is 12.9. The van der Waals surface area contributed by atoms with Gasteiger partial charge in [0.05, 0.1) is 6.26 Å². The van der Waals surface area contributed by atoms with Gasteiger partial charge < -0.3 is 19.7 Å². The molecule has 0 radical (unpaired) electrons. The van der Waals surface area contributed by atoms with Gasteiger partial charge in [0.2, 0.25) is 0 Å². The van der Waals surface area contributed by atoms with Crippen molar-refractivity contribution in [3.63, 3.8) is 0 Å². The van der Waals surface area contributed by atoms with Gasteiger partial charge in [0.15, 0.2) is 0 Å². The summed E-state index contributed by atoms with van der Waals surface area (Å²) in [5.74, 6) is 1.14. The number of hydrogen-bond donors (Lipinski definition) is 2. The maximum Gasteiger partial charge on any atom is 0.407 e. The van der Waals surface area contributed by atoms with Gasteiger partial charge in [-0.1, -0.05) is 42.5 Å². The zero-order valence-corrected chi connectivity index (χ0v) is 15.3. The van der Waals surface area contributed by atoms with Crippen LogP contribution in [0.25, 0.3) is 10.8 Å². The van der Waals surface area contributed by atoms with E-state index in [2.05, 4.69) is 54.7 Å². The van der Waals surface area contributed by atoms with E-state index in [0.717, 1.165) is 12.3 Å². The topological polar surface area (TPSA) is 65.7 Å². The zero-order valence-electron chi connectivity index (χ0n) is 15.3. The number of amides is 1. The summed E-state index contributed by atoms with van der Waals surface area (Å²) in [6, 6.07) is 18.7. The minimum atomic E-state index is -0.865. The summed E-state index contributed by atoms with van der Waals surface area (Å²) in [6.45, 7) is 3.90. The van der Waals surface area contributed by atoms with Crippen molar-refractivity contribution in [2.24, 2.45) is 5.92 Å². The van der Waals surface area contributed by atoms with E-state index in [1.165, 1.54) is 21.2 Å². The minimum absolute atomic E-state index is 0.0864. The summed E-state index contributed by atoms with van der Waals surface area (Å²) in [5.41, 5.74) is 1.26. The molecule has 3 aromatic rings. The Labute approximate surface area is 158 Å². The van der Waals surface area contributed by atoms with Crippen LogP contribution in [0, 0.1) is 5.92 Å². The fourth-order valence-corrected chi connectivity index (χ4v) is 4.13. The number of carbonyl (C=O) groups is 1. The summed E-state index contributed by atoms with van der Waals surface area (Å²) < 4.78 is 5.58. The number of likely N-dealkylation sites (tertiary alicyclic amines) is 1. The van der Waals surface area contributed by atoms with Crippen LogP contribution in [0.3, 0.4) is 0 Å². The van der Waals surface area contributed by atoms with E-state index in [1.807, 2.05) is 12.1 Å². The largest absolute Gasteiger partial charge is 0.469 e. The molecule has 4 rings (SSSR count). The predicted molar refractivity (Wildman–Crippen MR) is 105 cm³/mol. The molecule has 3 atom stereocenters. The highest BCUT2D eigenvalue weighted by molar-refractivity contribution is 5.86. The van der Waals surface area contributed by atoms with E-state index in [4.69, 9.17) is 4.42 Å². The Balaban J connectivity index is 1.50. The van der Waals surface area contributed by atoms with Crippen LogP contribution >= 0.6 is 0 Å². The lowest BCUT2D eigenvalue weighted by molar-refractivity contribution is 0.153. The van der Waals surface area contributed by atoms with E-state index in [9.17, 15) is 9.90 Å². The second kappa shape index (κ2) is 7.45. The molecule has 2 heterocycles. The Morgan fingerprint density at radius 3 is 2.78 bits per heavy atom. The Morgan fingerprint density at radius 2 is 2.00 bits per heavy atom. The molecule has 1 saturated heterocycles. The van der Waals surface area contributed by atoms with Crippen LogP contribution in [-0.4, -0.2) is 35.7 Å². The Morgan fingerprint density at radius 1 is 1.19 bits per heavy atom. The second-order valence-corrected chi connectivity index (χ2v) is 7.27. The summed E-state index contributed by atoms with van der Waals surface area (Å²) >= 11 is 0. The highest BCUT2D eigenvalue weighted by Gasteiger charge is 2.37. The number of nitrogens with zero attached hydrogens (tertiary/aromatic N) is 1. The summed E-state index contributed by atoms with van der Waals surface area (Å²) in [6.07, 6.45) is 0.790. The third-order valence-corrected chi connectivity index (χ3v) is 5.60. The van der Waals surface area contributed by atoms with Crippen molar-refractivity contribution in [1.82, 2.24) is 10.2 Å². The van der Waals surface area contributed by atoms with Crippen molar-refractivity contribution in [3.8, 4) is 0 Å². The van der Waals surface area contributed by atoms with E-state index < -0.39 is 6.09 Å². The molecule has 0 bridgehead atoms. The highest BCUT2D eigenvalue weighted by Crippen LogP contribution is 2.33. The lowest BCUT2D eigenvalue weighted by Gasteiger charge is -2.21. The van der Waals surface area contributed by atoms with Crippen LogP contribution in [0.5, 0.6) is 0 Å². The fourth-order valence-electron chi connectivity index (χ4n) is 4.13. The van der Waals surface area contributed by atoms with Crippen molar-refractivity contribution in [3.05, 3.63) is 72.2 Å². The van der Waals surface area contributed by atoms with Crippen molar-refractivity contribution < 1.29 is 14.3 Å². The molecule has 27 heavy (non-hydrogen) atoms. The van der Waals surface area contributed by atoms with Gasteiger partial charge in [0.1, 0.15) is 5.76 Å². The Hall–Kier alpha value is -2.79. The first kappa shape index (κ1) is 17.6. The lowest BCUT2D eigenvalue weighted by atomic mass is 9.93. The van der Waals surface area contributed by atoms with Crippen molar-refractivity contribution in [2.75, 3.05) is 19.6 Å². The number of carboxylic acid groups (broad SMARTS) is 1. The van der Waals surface area contributed by atoms with Gasteiger partial charge in [-0.15, -0.1) is 0 Å². The predicted octanol–water partition coefficient (Wildman–Crippen LogP) is 4.48. The van der Waals surface area contributed by atoms with Gasteiger partial charge in [0.25, 0.3) is 0 Å². The van der Waals surface area contributed by atoms with E-state index >= 15 is 0 Å². The molecular weight excluding hydrogens is 340 g/mol. The third-order valence-electron chi connectivity index (χ3n) is 5.60. The van der Waals surface area contributed by atoms with Gasteiger partial charge in [-0.3, -0.25) is 0 Å². The van der Waals surface area contributed by atoms with Crippen LogP contribution < -0.4 is 5.32 Å². The molecule has 0 saturated carbocycles. The summed E-state index contributed by atoms with van der Waals surface area (Å²) in [5, 5.41) is 15.5. The molecule has 1 aromatic heterocycles. The Bertz CT molecular complexity index is 917. The molecule has 1 aliphatic rings. The maximum atomic E-state index is 11.4. The van der Waals surface area contributed by atoms with Crippen LogP contribution in [-0.2, 0) is 0 Å². The fraction of sp³-hybridized carbons (Fsp3) is 0.318. The molecule has 0 unspecified atom stereocenters. The van der Waals surface area contributed by atoms with Crippen LogP contribution in [0.15, 0.2) is 65.3 Å². The van der Waals surface area contributed by atoms with Crippen molar-refractivity contribution in [2.45, 2.75) is 18.9 Å². The minimum Gasteiger partial charge on any atom is -0.469 e.